The third kappa shape index (κ3) is 6.21. The summed E-state index contributed by atoms with van der Waals surface area (Å²) >= 11 is 6.03. The van der Waals surface area contributed by atoms with Gasteiger partial charge in [0.25, 0.3) is 16.0 Å². The molecule has 4 aromatic carbocycles. The summed E-state index contributed by atoms with van der Waals surface area (Å²) < 4.78 is 30.9. The van der Waals surface area contributed by atoms with Gasteiger partial charge in [0.15, 0.2) is 0 Å². The summed E-state index contributed by atoms with van der Waals surface area (Å²) in [6.45, 7) is 2.06. The van der Waals surface area contributed by atoms with Crippen LogP contribution < -0.4 is 10.2 Å². The second kappa shape index (κ2) is 11.8. The van der Waals surface area contributed by atoms with Gasteiger partial charge in [-0.1, -0.05) is 65.7 Å². The fourth-order valence-corrected chi connectivity index (χ4v) is 6.02. The van der Waals surface area contributed by atoms with Gasteiger partial charge < -0.3 is 15.3 Å². The molecule has 0 bridgehead atoms. The Morgan fingerprint density at radius 3 is 2.48 bits per heavy atom. The van der Waals surface area contributed by atoms with Gasteiger partial charge in [-0.2, -0.15) is 8.42 Å². The molecule has 7 nitrogen and oxygen atoms in total. The number of aliphatic hydroxyl groups is 1. The molecule has 0 radical (unpaired) electrons. The predicted molar refractivity (Wildman–Crippen MR) is 156 cm³/mol. The molecule has 5 rings (SSSR count). The van der Waals surface area contributed by atoms with Gasteiger partial charge in [0.1, 0.15) is 6.10 Å². The van der Waals surface area contributed by atoms with E-state index >= 15 is 0 Å². The second-order valence-electron chi connectivity index (χ2n) is 9.73. The molecule has 206 valence electrons. The molecule has 9 heteroatoms. The summed E-state index contributed by atoms with van der Waals surface area (Å²) in [5.41, 5.74) is 4.78. The number of amides is 1. The Morgan fingerprint density at radius 2 is 1.75 bits per heavy atom. The smallest absolute Gasteiger partial charge is 0.297 e. The van der Waals surface area contributed by atoms with Crippen LogP contribution in [0.5, 0.6) is 0 Å². The molecular formula is C31H29ClN2O5S. The van der Waals surface area contributed by atoms with Crippen LogP contribution in [0.15, 0.2) is 102 Å². The highest BCUT2D eigenvalue weighted by Crippen LogP contribution is 2.38. The summed E-state index contributed by atoms with van der Waals surface area (Å²) in [4.78, 5) is 14.8. The van der Waals surface area contributed by atoms with E-state index in [1.54, 1.807) is 36.4 Å². The Morgan fingerprint density at radius 1 is 1.00 bits per heavy atom. The van der Waals surface area contributed by atoms with Gasteiger partial charge in [0.05, 0.1) is 17.5 Å². The van der Waals surface area contributed by atoms with E-state index < -0.39 is 28.9 Å². The van der Waals surface area contributed by atoms with Crippen molar-refractivity contribution in [2.45, 2.75) is 30.4 Å². The van der Waals surface area contributed by atoms with Crippen LogP contribution in [-0.2, 0) is 20.7 Å². The van der Waals surface area contributed by atoms with Crippen LogP contribution >= 0.6 is 11.6 Å². The molecule has 0 saturated carbocycles. The lowest BCUT2D eigenvalue weighted by atomic mass is 9.99. The van der Waals surface area contributed by atoms with Gasteiger partial charge in [-0.25, -0.2) is 0 Å². The fourth-order valence-electron chi connectivity index (χ4n) is 4.91. The SMILES string of the molecule is Cc1ccc(S(=O)(=O)OC[C@H](O)[C@H](c2ccccc2)N2CCc3cc(NC(=O)c4cccc(Cl)c4)ccc32)cc1. The average molecular weight is 577 g/mol. The molecule has 1 aliphatic rings. The van der Waals surface area contributed by atoms with Gasteiger partial charge in [-0.3, -0.25) is 8.98 Å². The number of anilines is 2. The molecule has 2 N–H and O–H groups in total. The minimum Gasteiger partial charge on any atom is -0.388 e. The standard InChI is InChI=1S/C31H29ClN2O5S/c1-21-10-13-27(14-11-21)40(37,38)39-20-29(35)30(22-6-3-2-4-7-22)34-17-16-23-19-26(12-15-28(23)34)33-31(36)24-8-5-9-25(32)18-24/h2-15,18-19,29-30,35H,16-17,20H2,1H3,(H,33,36)/t29-,30-/m0/s1. The zero-order valence-electron chi connectivity index (χ0n) is 21.8. The number of halogens is 1. The Balaban J connectivity index is 1.36. The summed E-state index contributed by atoms with van der Waals surface area (Å²) in [6, 6.07) is 27.7. The number of nitrogens with zero attached hydrogens (tertiary/aromatic N) is 1. The Hall–Kier alpha value is -3.69. The quantitative estimate of drug-likeness (QED) is 0.246. The van der Waals surface area contributed by atoms with Crippen molar-refractivity contribution in [2.24, 2.45) is 0 Å². The Bertz CT molecular complexity index is 1610. The number of rotatable bonds is 9. The van der Waals surface area contributed by atoms with Gasteiger partial charge in [0, 0.05) is 28.5 Å². The third-order valence-corrected chi connectivity index (χ3v) is 8.43. The van der Waals surface area contributed by atoms with Crippen molar-refractivity contribution in [2.75, 3.05) is 23.4 Å². The number of nitrogens with one attached hydrogen (secondary N) is 1. The first-order valence-electron chi connectivity index (χ1n) is 12.9. The van der Waals surface area contributed by atoms with E-state index in [2.05, 4.69) is 10.2 Å². The molecule has 4 aromatic rings. The number of aliphatic hydroxyl groups excluding tert-OH is 1. The molecule has 1 amide bonds. The largest absolute Gasteiger partial charge is 0.388 e. The molecule has 40 heavy (non-hydrogen) atoms. The summed E-state index contributed by atoms with van der Waals surface area (Å²) in [7, 11) is -4.04. The lowest BCUT2D eigenvalue weighted by Gasteiger charge is -2.34. The average Bonchev–Trinajstić information content (AvgIpc) is 3.35. The number of carbonyl (C=O) groups excluding carboxylic acids is 1. The number of benzene rings is 4. The van der Waals surface area contributed by atoms with Crippen LogP contribution in [0.2, 0.25) is 5.02 Å². The maximum Gasteiger partial charge on any atom is 0.297 e. The third-order valence-electron chi connectivity index (χ3n) is 6.90. The van der Waals surface area contributed by atoms with Crippen molar-refractivity contribution in [3.63, 3.8) is 0 Å². The summed E-state index contributed by atoms with van der Waals surface area (Å²) in [6.07, 6.45) is -0.454. The van der Waals surface area contributed by atoms with Crippen LogP contribution in [0.25, 0.3) is 0 Å². The lowest BCUT2D eigenvalue weighted by Crippen LogP contribution is -2.38. The minimum absolute atomic E-state index is 0.0421. The van der Waals surface area contributed by atoms with Crippen LogP contribution in [0.4, 0.5) is 11.4 Å². The fraction of sp³-hybridized carbons (Fsp3) is 0.194. The Kier molecular flexibility index (Phi) is 8.23. The van der Waals surface area contributed by atoms with Crippen molar-refractivity contribution in [1.82, 2.24) is 0 Å². The lowest BCUT2D eigenvalue weighted by molar-refractivity contribution is 0.0852. The predicted octanol–water partition coefficient (Wildman–Crippen LogP) is 5.77. The van der Waals surface area contributed by atoms with E-state index in [1.165, 1.54) is 12.1 Å². The van der Waals surface area contributed by atoms with E-state index in [1.807, 2.05) is 55.5 Å². The summed E-state index contributed by atoms with van der Waals surface area (Å²) in [5, 5.41) is 14.7. The van der Waals surface area contributed by atoms with Crippen LogP contribution in [0.3, 0.4) is 0 Å². The van der Waals surface area contributed by atoms with Crippen molar-refractivity contribution in [3.05, 3.63) is 124 Å². The number of fused-ring (bicyclic) bond motifs is 1. The molecule has 1 heterocycles. The number of hydrogen-bond acceptors (Lipinski definition) is 6. The maximum atomic E-state index is 12.8. The molecule has 0 aliphatic carbocycles. The maximum absolute atomic E-state index is 12.8. The van der Waals surface area contributed by atoms with E-state index in [-0.39, 0.29) is 10.8 Å². The van der Waals surface area contributed by atoms with E-state index in [0.717, 1.165) is 22.4 Å². The van der Waals surface area contributed by atoms with Gasteiger partial charge in [-0.15, -0.1) is 0 Å². The van der Waals surface area contributed by atoms with Crippen molar-refractivity contribution in [1.29, 1.82) is 0 Å². The molecule has 0 spiro atoms. The zero-order chi connectivity index (χ0) is 28.3. The van der Waals surface area contributed by atoms with Gasteiger partial charge >= 0.3 is 0 Å². The van der Waals surface area contributed by atoms with Crippen LogP contribution in [0.1, 0.15) is 33.1 Å². The molecule has 0 unspecified atom stereocenters. The highest BCUT2D eigenvalue weighted by atomic mass is 35.5. The topological polar surface area (TPSA) is 95.9 Å². The zero-order valence-corrected chi connectivity index (χ0v) is 23.4. The molecule has 0 fully saturated rings. The van der Waals surface area contributed by atoms with E-state index in [9.17, 15) is 18.3 Å². The Labute approximate surface area is 239 Å². The van der Waals surface area contributed by atoms with Crippen molar-refractivity contribution >= 4 is 39.0 Å². The highest BCUT2D eigenvalue weighted by molar-refractivity contribution is 7.86. The van der Waals surface area contributed by atoms with Gasteiger partial charge in [0.2, 0.25) is 0 Å². The normalized spacial score (nSPS) is 14.4. The number of carbonyl (C=O) groups is 1. The van der Waals surface area contributed by atoms with Crippen molar-refractivity contribution < 1.29 is 22.5 Å². The summed E-state index contributed by atoms with van der Waals surface area (Å²) in [5.74, 6) is -0.262. The molecule has 2 atom stereocenters. The molecular weight excluding hydrogens is 548 g/mol. The second-order valence-corrected chi connectivity index (χ2v) is 11.8. The van der Waals surface area contributed by atoms with Crippen LogP contribution in [-0.4, -0.2) is 38.7 Å². The van der Waals surface area contributed by atoms with E-state index in [0.29, 0.717) is 29.2 Å². The first-order valence-corrected chi connectivity index (χ1v) is 14.7. The molecule has 0 saturated heterocycles. The molecule has 0 aromatic heterocycles. The molecule has 1 aliphatic heterocycles. The van der Waals surface area contributed by atoms with Gasteiger partial charge in [-0.05, 0) is 73.0 Å². The van der Waals surface area contributed by atoms with Crippen molar-refractivity contribution in [3.8, 4) is 0 Å². The first kappa shape index (κ1) is 27.9. The van der Waals surface area contributed by atoms with E-state index in [4.69, 9.17) is 15.8 Å². The number of aryl methyl sites for hydroxylation is 1. The number of hydrogen-bond donors (Lipinski definition) is 2. The van der Waals surface area contributed by atoms with Crippen LogP contribution in [0, 0.1) is 6.92 Å². The first-order chi connectivity index (χ1) is 19.2. The minimum atomic E-state index is -4.04. The monoisotopic (exact) mass is 576 g/mol. The highest BCUT2D eigenvalue weighted by Gasteiger charge is 2.33.